The summed E-state index contributed by atoms with van der Waals surface area (Å²) in [7, 11) is 0.0797. The van der Waals surface area contributed by atoms with E-state index in [1.165, 1.54) is 4.31 Å². The van der Waals surface area contributed by atoms with Crippen LogP contribution in [0.15, 0.2) is 0 Å². The summed E-state index contributed by atoms with van der Waals surface area (Å²) in [5.41, 5.74) is 0. The molecule has 0 aromatic rings. The number of hydrogen-bond donors (Lipinski definition) is 0. The highest BCUT2D eigenvalue weighted by Crippen LogP contribution is 2.05. The van der Waals surface area contributed by atoms with Crippen molar-refractivity contribution in [2.24, 2.45) is 0 Å². The first-order valence-electron chi connectivity index (χ1n) is 4.40. The predicted molar refractivity (Wildman–Crippen MR) is 53.2 cm³/mol. The average molecular weight is 209 g/mol. The van der Waals surface area contributed by atoms with Crippen molar-refractivity contribution in [2.75, 3.05) is 26.5 Å². The zero-order valence-electron chi connectivity index (χ0n) is 8.78. The normalized spacial score (nSPS) is 14.8. The molecule has 0 saturated carbocycles. The number of nitrogens with zero attached hydrogens (tertiary/aromatic N) is 1. The highest BCUT2D eigenvalue weighted by atomic mass is 32.2. The van der Waals surface area contributed by atoms with Crippen molar-refractivity contribution in [3.8, 4) is 0 Å². The van der Waals surface area contributed by atoms with Crippen LogP contribution in [0, 0.1) is 0 Å². The van der Waals surface area contributed by atoms with Crippen LogP contribution in [0.3, 0.4) is 0 Å². The van der Waals surface area contributed by atoms with E-state index in [-0.39, 0.29) is 11.8 Å². The minimum absolute atomic E-state index is 0.0958. The van der Waals surface area contributed by atoms with E-state index in [0.717, 1.165) is 0 Å². The topological polar surface area (TPSA) is 46.6 Å². The third-order valence-electron chi connectivity index (χ3n) is 1.93. The highest BCUT2D eigenvalue weighted by Gasteiger charge is 2.21. The van der Waals surface area contributed by atoms with Gasteiger partial charge in [-0.15, -0.1) is 0 Å². The molecule has 80 valence electrons. The number of sulfonamides is 1. The summed E-state index contributed by atoms with van der Waals surface area (Å²) in [6.07, 6.45) is 0.645. The minimum atomic E-state index is -3.08. The third kappa shape index (κ3) is 4.06. The lowest BCUT2D eigenvalue weighted by Gasteiger charge is -2.23. The zero-order chi connectivity index (χ0) is 10.5. The molecule has 0 fully saturated rings. The van der Waals surface area contributed by atoms with Gasteiger partial charge >= 0.3 is 0 Å². The summed E-state index contributed by atoms with van der Waals surface area (Å²) in [5, 5.41) is 0. The van der Waals surface area contributed by atoms with Gasteiger partial charge in [-0.25, -0.2) is 8.42 Å². The fraction of sp³-hybridized carbons (Fsp3) is 1.00. The van der Waals surface area contributed by atoms with Gasteiger partial charge in [0.2, 0.25) is 10.0 Å². The number of likely N-dealkylation sites (N-methyl/N-ethyl adjacent to an activating group) is 1. The Balaban J connectivity index is 4.31. The van der Waals surface area contributed by atoms with Crippen LogP contribution in [-0.2, 0) is 14.8 Å². The van der Waals surface area contributed by atoms with Crippen molar-refractivity contribution < 1.29 is 13.2 Å². The van der Waals surface area contributed by atoms with Gasteiger partial charge in [0.25, 0.3) is 0 Å². The lowest BCUT2D eigenvalue weighted by Crippen LogP contribution is -2.39. The fourth-order valence-corrected chi connectivity index (χ4v) is 2.44. The summed E-state index contributed by atoms with van der Waals surface area (Å²) in [6.45, 7) is 4.11. The molecule has 5 heteroatoms. The Morgan fingerprint density at radius 1 is 1.46 bits per heavy atom. The quantitative estimate of drug-likeness (QED) is 0.646. The number of rotatable bonds is 6. The van der Waals surface area contributed by atoms with E-state index in [9.17, 15) is 8.42 Å². The molecule has 0 aliphatic heterocycles. The first kappa shape index (κ1) is 12.9. The van der Waals surface area contributed by atoms with Crippen molar-refractivity contribution in [1.82, 2.24) is 4.31 Å². The monoisotopic (exact) mass is 209 g/mol. The second kappa shape index (κ2) is 5.57. The molecule has 4 nitrogen and oxygen atoms in total. The summed E-state index contributed by atoms with van der Waals surface area (Å²) in [5.74, 6) is 0.206. The van der Waals surface area contributed by atoms with Crippen molar-refractivity contribution in [3.63, 3.8) is 0 Å². The van der Waals surface area contributed by atoms with Crippen molar-refractivity contribution in [1.29, 1.82) is 0 Å². The molecule has 0 amide bonds. The Bertz CT molecular complexity index is 226. The summed E-state index contributed by atoms with van der Waals surface area (Å²) in [4.78, 5) is 0. The van der Waals surface area contributed by atoms with Crippen LogP contribution < -0.4 is 0 Å². The Morgan fingerprint density at radius 3 is 2.38 bits per heavy atom. The van der Waals surface area contributed by atoms with Gasteiger partial charge in [0.1, 0.15) is 0 Å². The van der Waals surface area contributed by atoms with Gasteiger partial charge in [-0.05, 0) is 13.3 Å². The lowest BCUT2D eigenvalue weighted by atomic mass is 10.4. The summed E-state index contributed by atoms with van der Waals surface area (Å²) >= 11 is 0. The van der Waals surface area contributed by atoms with E-state index in [1.807, 2.05) is 13.8 Å². The van der Waals surface area contributed by atoms with Crippen LogP contribution in [0.25, 0.3) is 0 Å². The van der Waals surface area contributed by atoms with Gasteiger partial charge in [0.15, 0.2) is 0 Å². The van der Waals surface area contributed by atoms with Gasteiger partial charge in [0.05, 0.1) is 12.4 Å². The zero-order valence-corrected chi connectivity index (χ0v) is 9.60. The van der Waals surface area contributed by atoms with Gasteiger partial charge in [-0.2, -0.15) is 4.31 Å². The van der Waals surface area contributed by atoms with E-state index in [0.29, 0.717) is 13.0 Å². The maximum Gasteiger partial charge on any atom is 0.214 e. The predicted octanol–water partition coefficient (Wildman–Crippen LogP) is 0.693. The molecule has 0 heterocycles. The molecule has 0 aliphatic rings. The van der Waals surface area contributed by atoms with Gasteiger partial charge < -0.3 is 4.74 Å². The van der Waals surface area contributed by atoms with E-state index in [4.69, 9.17) is 4.74 Å². The standard InChI is InChI=1S/C8H19NO3S/c1-5-6-13(10,11)9(3)8(2)7-12-4/h8H,5-7H2,1-4H3. The average Bonchev–Trinajstić information content (AvgIpc) is 2.03. The van der Waals surface area contributed by atoms with Crippen LogP contribution in [0.5, 0.6) is 0 Å². The Kier molecular flexibility index (Phi) is 5.51. The minimum Gasteiger partial charge on any atom is -0.383 e. The van der Waals surface area contributed by atoms with Gasteiger partial charge in [-0.3, -0.25) is 0 Å². The molecule has 13 heavy (non-hydrogen) atoms. The number of methoxy groups -OCH3 is 1. The molecule has 0 aliphatic carbocycles. The van der Waals surface area contributed by atoms with E-state index >= 15 is 0 Å². The van der Waals surface area contributed by atoms with E-state index in [2.05, 4.69) is 0 Å². The Morgan fingerprint density at radius 2 is 2.00 bits per heavy atom. The maximum atomic E-state index is 11.5. The molecular weight excluding hydrogens is 190 g/mol. The van der Waals surface area contributed by atoms with Crippen LogP contribution in [0.2, 0.25) is 0 Å². The van der Waals surface area contributed by atoms with Gasteiger partial charge in [-0.1, -0.05) is 6.92 Å². The molecule has 0 bridgehead atoms. The van der Waals surface area contributed by atoms with Crippen LogP contribution >= 0.6 is 0 Å². The van der Waals surface area contributed by atoms with Crippen LogP contribution in [0.4, 0.5) is 0 Å². The molecule has 0 saturated heterocycles. The molecule has 0 aromatic heterocycles. The molecule has 0 aromatic carbocycles. The smallest absolute Gasteiger partial charge is 0.214 e. The fourth-order valence-electron chi connectivity index (χ4n) is 1.02. The lowest BCUT2D eigenvalue weighted by molar-refractivity contribution is 0.149. The molecule has 0 rings (SSSR count). The summed E-state index contributed by atoms with van der Waals surface area (Å²) in [6, 6.07) is -0.0958. The number of hydrogen-bond acceptors (Lipinski definition) is 3. The highest BCUT2D eigenvalue weighted by molar-refractivity contribution is 7.89. The first-order chi connectivity index (χ1) is 5.95. The Hall–Kier alpha value is -0.130. The van der Waals surface area contributed by atoms with Crippen LogP contribution in [0.1, 0.15) is 20.3 Å². The molecule has 0 N–H and O–H groups in total. The largest absolute Gasteiger partial charge is 0.383 e. The molecule has 0 radical (unpaired) electrons. The van der Waals surface area contributed by atoms with Crippen molar-refractivity contribution >= 4 is 10.0 Å². The van der Waals surface area contributed by atoms with Crippen LogP contribution in [-0.4, -0.2) is 45.3 Å². The van der Waals surface area contributed by atoms with Crippen molar-refractivity contribution in [2.45, 2.75) is 26.3 Å². The SMILES string of the molecule is CCCS(=O)(=O)N(C)C(C)COC. The molecule has 0 spiro atoms. The Labute approximate surface area is 80.9 Å². The molecular formula is C8H19NO3S. The maximum absolute atomic E-state index is 11.5. The molecule has 1 unspecified atom stereocenters. The number of ether oxygens (including phenoxy) is 1. The second-order valence-electron chi connectivity index (χ2n) is 3.14. The van der Waals surface area contributed by atoms with Gasteiger partial charge in [0, 0.05) is 20.2 Å². The van der Waals surface area contributed by atoms with E-state index in [1.54, 1.807) is 14.2 Å². The second-order valence-corrected chi connectivity index (χ2v) is 5.28. The molecule has 1 atom stereocenters. The van der Waals surface area contributed by atoms with Crippen molar-refractivity contribution in [3.05, 3.63) is 0 Å². The first-order valence-corrected chi connectivity index (χ1v) is 6.01. The summed E-state index contributed by atoms with van der Waals surface area (Å²) < 4.78 is 29.3. The van der Waals surface area contributed by atoms with E-state index < -0.39 is 10.0 Å². The third-order valence-corrected chi connectivity index (χ3v) is 4.09.